The van der Waals surface area contributed by atoms with Gasteiger partial charge in [-0.25, -0.2) is 0 Å². The van der Waals surface area contributed by atoms with Gasteiger partial charge in [0.05, 0.1) is 38.9 Å². The van der Waals surface area contributed by atoms with Crippen molar-refractivity contribution < 1.29 is 19.1 Å². The molecule has 8 heteroatoms. The van der Waals surface area contributed by atoms with Crippen LogP contribution in [0.3, 0.4) is 0 Å². The maximum atomic E-state index is 12.8. The molecule has 0 unspecified atom stereocenters. The fraction of sp³-hybridized carbons (Fsp3) is 0.409. The van der Waals surface area contributed by atoms with E-state index in [1.165, 1.54) is 0 Å². The normalized spacial score (nSPS) is 16.6. The predicted molar refractivity (Wildman–Crippen MR) is 112 cm³/mol. The first-order valence-corrected chi connectivity index (χ1v) is 9.88. The highest BCUT2D eigenvalue weighted by molar-refractivity contribution is 5.88. The van der Waals surface area contributed by atoms with Crippen molar-refractivity contribution in [1.29, 1.82) is 0 Å². The van der Waals surface area contributed by atoms with Crippen LogP contribution in [0.25, 0.3) is 0 Å². The van der Waals surface area contributed by atoms with E-state index in [4.69, 9.17) is 9.47 Å². The fourth-order valence-electron chi connectivity index (χ4n) is 3.53. The topological polar surface area (TPSA) is 84.0 Å². The van der Waals surface area contributed by atoms with Gasteiger partial charge in [0, 0.05) is 32.9 Å². The molecule has 1 saturated heterocycles. The van der Waals surface area contributed by atoms with Crippen molar-refractivity contribution in [2.75, 3.05) is 34.4 Å². The second kappa shape index (κ2) is 10.1. The van der Waals surface area contributed by atoms with E-state index in [0.717, 1.165) is 11.3 Å². The largest absolute Gasteiger partial charge is 0.493 e. The Bertz CT molecular complexity index is 875. The van der Waals surface area contributed by atoms with Crippen LogP contribution in [0, 0.1) is 0 Å². The Morgan fingerprint density at radius 3 is 2.73 bits per heavy atom. The van der Waals surface area contributed by atoms with Crippen LogP contribution in [-0.2, 0) is 22.7 Å². The summed E-state index contributed by atoms with van der Waals surface area (Å²) in [5.41, 5.74) is 1.80. The zero-order valence-corrected chi connectivity index (χ0v) is 17.6. The van der Waals surface area contributed by atoms with Crippen LogP contribution in [0.15, 0.2) is 42.6 Å². The van der Waals surface area contributed by atoms with Crippen LogP contribution < -0.4 is 14.8 Å². The molecule has 0 saturated carbocycles. The first-order chi connectivity index (χ1) is 14.5. The van der Waals surface area contributed by atoms with Crippen LogP contribution in [0.1, 0.15) is 17.7 Å². The lowest BCUT2D eigenvalue weighted by Crippen LogP contribution is -2.56. The van der Waals surface area contributed by atoms with Gasteiger partial charge < -0.3 is 19.7 Å². The molecular weight excluding hydrogens is 384 g/mol. The average Bonchev–Trinajstić information content (AvgIpc) is 2.76. The molecule has 1 aliphatic rings. The molecule has 1 N–H and O–H groups in total. The first kappa shape index (κ1) is 21.6. The van der Waals surface area contributed by atoms with Crippen LogP contribution >= 0.6 is 0 Å². The molecule has 2 amide bonds. The number of hydrogen-bond acceptors (Lipinski definition) is 6. The summed E-state index contributed by atoms with van der Waals surface area (Å²) in [5.74, 6) is 1.07. The number of amides is 2. The van der Waals surface area contributed by atoms with Gasteiger partial charge in [-0.2, -0.15) is 0 Å². The number of aromatic nitrogens is 1. The quantitative estimate of drug-likeness (QED) is 0.707. The van der Waals surface area contributed by atoms with Crippen LogP contribution in [0.4, 0.5) is 0 Å². The van der Waals surface area contributed by atoms with Gasteiger partial charge in [0.2, 0.25) is 11.8 Å². The van der Waals surface area contributed by atoms with E-state index in [9.17, 15) is 9.59 Å². The van der Waals surface area contributed by atoms with E-state index in [1.54, 1.807) is 32.4 Å². The predicted octanol–water partition coefficient (Wildman–Crippen LogP) is 1.45. The van der Waals surface area contributed by atoms with Gasteiger partial charge in [0.25, 0.3) is 0 Å². The number of hydrogen-bond donors (Lipinski definition) is 1. The molecule has 0 aliphatic carbocycles. The van der Waals surface area contributed by atoms with Gasteiger partial charge in [0.15, 0.2) is 11.5 Å². The number of nitrogens with zero attached hydrogens (tertiary/aromatic N) is 3. The minimum Gasteiger partial charge on any atom is -0.493 e. The molecule has 1 fully saturated rings. The lowest BCUT2D eigenvalue weighted by Gasteiger charge is -2.35. The molecule has 2 heterocycles. The maximum Gasteiger partial charge on any atom is 0.237 e. The van der Waals surface area contributed by atoms with E-state index in [0.29, 0.717) is 37.7 Å². The van der Waals surface area contributed by atoms with E-state index < -0.39 is 6.04 Å². The van der Waals surface area contributed by atoms with Gasteiger partial charge in [0.1, 0.15) is 0 Å². The average molecular weight is 412 g/mol. The minimum absolute atomic E-state index is 0.0972. The third kappa shape index (κ3) is 5.27. The van der Waals surface area contributed by atoms with Crippen molar-refractivity contribution >= 4 is 11.8 Å². The second-order valence-electron chi connectivity index (χ2n) is 7.24. The molecule has 1 atom stereocenters. The van der Waals surface area contributed by atoms with Crippen molar-refractivity contribution in [2.24, 2.45) is 0 Å². The number of benzene rings is 1. The number of carbonyl (C=O) groups is 2. The van der Waals surface area contributed by atoms with Gasteiger partial charge >= 0.3 is 0 Å². The summed E-state index contributed by atoms with van der Waals surface area (Å²) in [5, 5.41) is 2.87. The SMILES string of the molecule is COc1ccc(CN2CCNC(=O)[C@H]2CC(=O)N(C)Cc2ccccn2)cc1OC. The molecule has 0 bridgehead atoms. The molecule has 30 heavy (non-hydrogen) atoms. The van der Waals surface area contributed by atoms with E-state index in [1.807, 2.05) is 41.3 Å². The highest BCUT2D eigenvalue weighted by atomic mass is 16.5. The Kier molecular flexibility index (Phi) is 7.24. The molecule has 1 aliphatic heterocycles. The molecule has 0 radical (unpaired) electrons. The Labute approximate surface area is 176 Å². The molecule has 160 valence electrons. The lowest BCUT2D eigenvalue weighted by atomic mass is 10.1. The van der Waals surface area contributed by atoms with Crippen LogP contribution in [-0.4, -0.2) is 67.0 Å². The number of nitrogens with one attached hydrogen (secondary N) is 1. The van der Waals surface area contributed by atoms with E-state index in [-0.39, 0.29) is 18.2 Å². The smallest absolute Gasteiger partial charge is 0.237 e. The van der Waals surface area contributed by atoms with Crippen molar-refractivity contribution in [2.45, 2.75) is 25.6 Å². The zero-order chi connectivity index (χ0) is 21.5. The minimum atomic E-state index is -0.523. The Morgan fingerprint density at radius 2 is 2.03 bits per heavy atom. The summed E-state index contributed by atoms with van der Waals surface area (Å²) >= 11 is 0. The summed E-state index contributed by atoms with van der Waals surface area (Å²) < 4.78 is 10.7. The summed E-state index contributed by atoms with van der Waals surface area (Å²) in [6.07, 6.45) is 1.82. The summed E-state index contributed by atoms with van der Waals surface area (Å²) in [7, 11) is 4.92. The summed E-state index contributed by atoms with van der Waals surface area (Å²) in [6.45, 7) is 2.17. The number of rotatable bonds is 8. The zero-order valence-electron chi connectivity index (χ0n) is 17.6. The van der Waals surface area contributed by atoms with Gasteiger partial charge in [-0.3, -0.25) is 19.5 Å². The molecule has 2 aromatic rings. The van der Waals surface area contributed by atoms with Gasteiger partial charge in [-0.1, -0.05) is 12.1 Å². The van der Waals surface area contributed by atoms with E-state index >= 15 is 0 Å². The van der Waals surface area contributed by atoms with Gasteiger partial charge in [-0.05, 0) is 29.8 Å². The number of piperazine rings is 1. The standard InChI is InChI=1S/C22H28N4O4/c1-25(15-17-6-4-5-9-23-17)21(27)13-18-22(28)24-10-11-26(18)14-16-7-8-19(29-2)20(12-16)30-3/h4-9,12,18H,10-11,13-15H2,1-3H3,(H,24,28)/t18-/m1/s1. The van der Waals surface area contributed by atoms with Crippen LogP contribution in [0.5, 0.6) is 11.5 Å². The molecule has 1 aromatic heterocycles. The Morgan fingerprint density at radius 1 is 1.23 bits per heavy atom. The molecule has 8 nitrogen and oxygen atoms in total. The maximum absolute atomic E-state index is 12.8. The Balaban J connectivity index is 1.68. The third-order valence-corrected chi connectivity index (χ3v) is 5.19. The molecule has 1 aromatic carbocycles. The highest BCUT2D eigenvalue weighted by Gasteiger charge is 2.32. The number of methoxy groups -OCH3 is 2. The Hall–Kier alpha value is -3.13. The number of pyridine rings is 1. The first-order valence-electron chi connectivity index (χ1n) is 9.88. The summed E-state index contributed by atoms with van der Waals surface area (Å²) in [4.78, 5) is 33.3. The summed E-state index contributed by atoms with van der Waals surface area (Å²) in [6, 6.07) is 10.8. The van der Waals surface area contributed by atoms with Crippen molar-refractivity contribution in [3.05, 3.63) is 53.9 Å². The molecule has 3 rings (SSSR count). The van der Waals surface area contributed by atoms with Crippen molar-refractivity contribution in [3.63, 3.8) is 0 Å². The van der Waals surface area contributed by atoms with Crippen molar-refractivity contribution in [3.8, 4) is 11.5 Å². The van der Waals surface area contributed by atoms with Crippen LogP contribution in [0.2, 0.25) is 0 Å². The van der Waals surface area contributed by atoms with Crippen molar-refractivity contribution in [1.82, 2.24) is 20.1 Å². The number of carbonyl (C=O) groups excluding carboxylic acids is 2. The number of ether oxygens (including phenoxy) is 2. The second-order valence-corrected chi connectivity index (χ2v) is 7.24. The third-order valence-electron chi connectivity index (χ3n) is 5.19. The van der Waals surface area contributed by atoms with Gasteiger partial charge in [-0.15, -0.1) is 0 Å². The molecular formula is C22H28N4O4. The van der Waals surface area contributed by atoms with E-state index in [2.05, 4.69) is 10.3 Å². The fourth-order valence-corrected chi connectivity index (χ4v) is 3.53. The highest BCUT2D eigenvalue weighted by Crippen LogP contribution is 2.28. The molecule has 0 spiro atoms. The lowest BCUT2D eigenvalue weighted by molar-refractivity contribution is -0.138. The monoisotopic (exact) mass is 412 g/mol.